The van der Waals surface area contributed by atoms with Crippen LogP contribution in [0.25, 0.3) is 100 Å². The topological polar surface area (TPSA) is 54.5 Å². The zero-order chi connectivity index (χ0) is 43.3. The van der Waals surface area contributed by atoms with Crippen LogP contribution in [0.1, 0.15) is 63.8 Å². The normalized spacial score (nSPS) is 12.7. The molecule has 1 aliphatic rings. The minimum Gasteiger partial charge on any atom is -0.353 e. The summed E-state index contributed by atoms with van der Waals surface area (Å²) in [5, 5.41) is 1.98. The Morgan fingerprint density at radius 2 is 0.855 bits per heavy atom. The second kappa shape index (κ2) is 14.1. The van der Waals surface area contributed by atoms with E-state index in [1.807, 2.05) is 67.6 Å². The van der Waals surface area contributed by atoms with Crippen LogP contribution < -0.4 is 0 Å². The zero-order valence-electron chi connectivity index (χ0n) is 35.8. The lowest BCUT2D eigenvalue weighted by Gasteiger charge is -2.22. The number of hydrogen-bond donors (Lipinski definition) is 1. The molecule has 5 aromatic carbocycles. The summed E-state index contributed by atoms with van der Waals surface area (Å²) < 4.78 is 48.1. The van der Waals surface area contributed by atoms with Crippen molar-refractivity contribution in [2.24, 2.45) is 0 Å². The van der Waals surface area contributed by atoms with Crippen LogP contribution in [0.3, 0.4) is 0 Å². The number of hydrogen-bond acceptors (Lipinski definition) is 3. The minimum atomic E-state index is -4.79. The molecule has 0 atom stereocenters. The second-order valence-electron chi connectivity index (χ2n) is 18.5. The van der Waals surface area contributed by atoms with Gasteiger partial charge in [-0.3, -0.25) is 0 Å². The summed E-state index contributed by atoms with van der Waals surface area (Å²) in [5.41, 5.74) is 10.9. The maximum absolute atomic E-state index is 16.0. The van der Waals surface area contributed by atoms with Crippen LogP contribution >= 0.6 is 0 Å². The maximum atomic E-state index is 16.0. The molecule has 306 valence electrons. The number of pyridine rings is 3. The number of H-pyrrole nitrogens is 1. The van der Waals surface area contributed by atoms with Crippen molar-refractivity contribution >= 4 is 21.8 Å². The Bertz CT molecular complexity index is 3220. The smallest absolute Gasteiger partial charge is 0.353 e. The molecule has 0 unspecified atom stereocenters. The lowest BCUT2D eigenvalue weighted by Crippen LogP contribution is -2.13. The average Bonchev–Trinajstić information content (AvgIpc) is 3.64. The first-order valence-corrected chi connectivity index (χ1v) is 21.0. The summed E-state index contributed by atoms with van der Waals surface area (Å²) in [5.74, 6) is 0. The van der Waals surface area contributed by atoms with Crippen LogP contribution in [0.15, 0.2) is 140 Å². The molecule has 0 aliphatic carbocycles. The zero-order valence-corrected chi connectivity index (χ0v) is 35.8. The van der Waals surface area contributed by atoms with Crippen molar-refractivity contribution in [3.8, 4) is 78.7 Å². The Morgan fingerprint density at radius 3 is 1.34 bits per heavy atom. The third-order valence-corrected chi connectivity index (χ3v) is 12.3. The van der Waals surface area contributed by atoms with Gasteiger partial charge in [-0.05, 0) is 116 Å². The van der Waals surface area contributed by atoms with Gasteiger partial charge in [0.15, 0.2) is 0 Å². The van der Waals surface area contributed by atoms with Crippen molar-refractivity contribution in [2.75, 3.05) is 0 Å². The first kappa shape index (κ1) is 39.3. The predicted molar refractivity (Wildman–Crippen MR) is 248 cm³/mol. The number of halogens is 3. The Morgan fingerprint density at radius 1 is 0.419 bits per heavy atom. The molecule has 0 saturated carbocycles. The number of aromatic nitrogens is 4. The van der Waals surface area contributed by atoms with Gasteiger partial charge in [-0.2, -0.15) is 13.2 Å². The van der Waals surface area contributed by atoms with Gasteiger partial charge >= 0.3 is 6.18 Å². The van der Waals surface area contributed by atoms with Crippen LogP contribution in [0.5, 0.6) is 0 Å². The molecule has 0 radical (unpaired) electrons. The van der Waals surface area contributed by atoms with Crippen molar-refractivity contribution in [1.82, 2.24) is 19.9 Å². The number of rotatable bonds is 3. The number of nitrogens with zero attached hydrogens (tertiary/aromatic N) is 3. The van der Waals surface area contributed by atoms with Gasteiger partial charge in [0, 0.05) is 21.9 Å². The predicted octanol–water partition coefficient (Wildman–Crippen LogP) is 15.4. The van der Waals surface area contributed by atoms with Crippen LogP contribution in [-0.4, -0.2) is 19.9 Å². The molecule has 1 N–H and O–H groups in total. The monoisotopic (exact) mass is 818 g/mol. The van der Waals surface area contributed by atoms with E-state index in [2.05, 4.69) is 89.0 Å². The van der Waals surface area contributed by atoms with Gasteiger partial charge in [0.1, 0.15) is 5.69 Å². The molecule has 0 saturated heterocycles. The van der Waals surface area contributed by atoms with Crippen molar-refractivity contribution in [3.05, 3.63) is 162 Å². The van der Waals surface area contributed by atoms with E-state index < -0.39 is 11.7 Å². The number of benzene rings is 5. The Kier molecular flexibility index (Phi) is 8.93. The molecule has 9 aromatic rings. The van der Waals surface area contributed by atoms with Gasteiger partial charge < -0.3 is 4.98 Å². The number of aromatic amines is 1. The maximum Gasteiger partial charge on any atom is 0.419 e. The fraction of sp³-hybridized carbons (Fsp3) is 0.182. The lowest BCUT2D eigenvalue weighted by atomic mass is 9.82. The molecule has 7 heteroatoms. The Hall–Kier alpha value is -6.86. The third-order valence-electron chi connectivity index (χ3n) is 12.3. The molecule has 5 heterocycles. The quantitative estimate of drug-likeness (QED) is 0.193. The third kappa shape index (κ3) is 6.67. The first-order valence-electron chi connectivity index (χ1n) is 21.0. The summed E-state index contributed by atoms with van der Waals surface area (Å²) in [4.78, 5) is 19.6. The summed E-state index contributed by atoms with van der Waals surface area (Å²) >= 11 is 0. The highest BCUT2D eigenvalue weighted by Gasteiger charge is 2.39. The highest BCUT2D eigenvalue weighted by Crippen LogP contribution is 2.48. The average molecular weight is 819 g/mol. The van der Waals surface area contributed by atoms with Crippen LogP contribution in [0.4, 0.5) is 13.2 Å². The van der Waals surface area contributed by atoms with Crippen molar-refractivity contribution in [1.29, 1.82) is 0 Å². The van der Waals surface area contributed by atoms with Gasteiger partial charge in [0.05, 0.1) is 45.1 Å². The van der Waals surface area contributed by atoms with Gasteiger partial charge in [-0.25, -0.2) is 15.0 Å². The van der Waals surface area contributed by atoms with Crippen molar-refractivity contribution < 1.29 is 13.2 Å². The summed E-state index contributed by atoms with van der Waals surface area (Å²) in [7, 11) is 0. The second-order valence-corrected chi connectivity index (χ2v) is 18.5. The Labute approximate surface area is 359 Å². The number of fused-ring (bicyclic) bond motifs is 11. The van der Waals surface area contributed by atoms with Crippen LogP contribution in [0, 0.1) is 6.92 Å². The molecule has 1 aliphatic heterocycles. The highest BCUT2D eigenvalue weighted by molar-refractivity contribution is 6.16. The molecule has 62 heavy (non-hydrogen) atoms. The molecular weight excluding hydrogens is 774 g/mol. The summed E-state index contributed by atoms with van der Waals surface area (Å²) in [6.45, 7) is 15.1. The molecule has 4 nitrogen and oxygen atoms in total. The summed E-state index contributed by atoms with van der Waals surface area (Å²) in [6.07, 6.45) is -4.79. The fourth-order valence-corrected chi connectivity index (χ4v) is 8.86. The summed E-state index contributed by atoms with van der Waals surface area (Å²) in [6, 6.07) is 44.9. The van der Waals surface area contributed by atoms with Crippen molar-refractivity contribution in [2.45, 2.75) is 65.5 Å². The molecule has 4 aromatic heterocycles. The largest absolute Gasteiger partial charge is 0.419 e. The van der Waals surface area contributed by atoms with E-state index >= 15 is 13.2 Å². The molecule has 0 fully saturated rings. The SMILES string of the molecule is Cc1c(-c2ccccc2)cc2nc1-c1cc(-c3ccccc3)cc(n1)-c1nc(cc(-c3ccccc3)c1C(F)(F)F)-c1cc(C(C)(C)C)cc3c1[nH]c1c-2cc(C(C)(C)C)cc13. The molecular formula is C55H45F3N4. The van der Waals surface area contributed by atoms with E-state index in [0.717, 1.165) is 66.4 Å². The Balaban J connectivity index is 1.47. The number of nitrogens with one attached hydrogen (secondary N) is 1. The van der Waals surface area contributed by atoms with E-state index in [4.69, 9.17) is 15.0 Å². The van der Waals surface area contributed by atoms with E-state index in [1.54, 1.807) is 36.4 Å². The molecule has 8 bridgehead atoms. The van der Waals surface area contributed by atoms with Gasteiger partial charge in [-0.1, -0.05) is 133 Å². The van der Waals surface area contributed by atoms with Crippen LogP contribution in [-0.2, 0) is 17.0 Å². The van der Waals surface area contributed by atoms with E-state index in [1.165, 1.54) is 0 Å². The van der Waals surface area contributed by atoms with Gasteiger partial charge in [-0.15, -0.1) is 0 Å². The number of alkyl halides is 3. The lowest BCUT2D eigenvalue weighted by molar-refractivity contribution is -0.136. The standard InChI is InChI=1S/C55H45F3N4/c1-31-38(33-19-13-9-14-20-33)29-44-42-27-36(53(2,3)4)25-40-41-26-37(54(5,6)7)28-43(51(41)62-50(40)42)45-30-39(34-21-15-10-16-22-34)48(55(56,57)58)52(61-45)47-24-35(32-17-11-8-12-18-32)23-46(59-47)49(31)60-44/h8-30,62H,1-7H3. The van der Waals surface area contributed by atoms with Crippen LogP contribution in [0.2, 0.25) is 0 Å². The van der Waals surface area contributed by atoms with E-state index in [9.17, 15) is 0 Å². The van der Waals surface area contributed by atoms with E-state index in [-0.39, 0.29) is 27.8 Å². The molecule has 10 rings (SSSR count). The molecule has 0 amide bonds. The van der Waals surface area contributed by atoms with Gasteiger partial charge in [0.2, 0.25) is 0 Å². The molecule has 0 spiro atoms. The fourth-order valence-electron chi connectivity index (χ4n) is 8.86. The van der Waals surface area contributed by atoms with Gasteiger partial charge in [0.25, 0.3) is 0 Å². The van der Waals surface area contributed by atoms with E-state index in [0.29, 0.717) is 33.8 Å². The first-order chi connectivity index (χ1) is 29.5. The minimum absolute atomic E-state index is 0.0301. The highest BCUT2D eigenvalue weighted by atomic mass is 19.4. The van der Waals surface area contributed by atoms with Crippen molar-refractivity contribution in [3.63, 3.8) is 0 Å².